The van der Waals surface area contributed by atoms with Crippen molar-refractivity contribution in [2.45, 2.75) is 32.0 Å². The number of hydrogen-bond donors (Lipinski definition) is 1. The highest BCUT2D eigenvalue weighted by atomic mass is 35.5. The first-order valence-corrected chi connectivity index (χ1v) is 8.44. The molecule has 1 aromatic rings. The van der Waals surface area contributed by atoms with Gasteiger partial charge in [0.25, 0.3) is 0 Å². The quantitative estimate of drug-likeness (QED) is 0.549. The monoisotopic (exact) mass is 381 g/mol. The van der Waals surface area contributed by atoms with Crippen molar-refractivity contribution < 1.29 is 28.6 Å². The number of carbonyl (C=O) groups excluding carboxylic acids is 3. The minimum atomic E-state index is -0.936. The molecule has 1 heterocycles. The molecule has 2 rings (SSSR count). The molecule has 1 aromatic carbocycles. The molecule has 0 saturated carbocycles. The van der Waals surface area contributed by atoms with Gasteiger partial charge in [0, 0.05) is 30.5 Å². The van der Waals surface area contributed by atoms with E-state index >= 15 is 0 Å². The number of amides is 1. The van der Waals surface area contributed by atoms with Crippen LogP contribution in [0.4, 0.5) is 0 Å². The highest BCUT2D eigenvalue weighted by Crippen LogP contribution is 2.35. The van der Waals surface area contributed by atoms with Crippen LogP contribution >= 0.6 is 11.6 Å². The van der Waals surface area contributed by atoms with Gasteiger partial charge in [-0.05, 0) is 12.5 Å². The number of methoxy groups -OCH3 is 1. The highest BCUT2D eigenvalue weighted by molar-refractivity contribution is 6.31. The largest absolute Gasteiger partial charge is 0.497 e. The lowest BCUT2D eigenvalue weighted by molar-refractivity contribution is -0.162. The van der Waals surface area contributed by atoms with Crippen molar-refractivity contribution in [2.75, 3.05) is 13.7 Å². The van der Waals surface area contributed by atoms with Crippen LogP contribution in [0.15, 0.2) is 36.1 Å². The van der Waals surface area contributed by atoms with Crippen LogP contribution in [0.5, 0.6) is 0 Å². The van der Waals surface area contributed by atoms with Crippen LogP contribution < -0.4 is 5.32 Å². The fourth-order valence-electron chi connectivity index (χ4n) is 2.49. The van der Waals surface area contributed by atoms with Gasteiger partial charge in [-0.1, -0.05) is 29.8 Å². The third-order valence-corrected chi connectivity index (χ3v) is 4.04. The van der Waals surface area contributed by atoms with E-state index in [9.17, 15) is 14.4 Å². The summed E-state index contributed by atoms with van der Waals surface area (Å²) in [5, 5.41) is 2.98. The maximum Gasteiger partial charge on any atom is 0.335 e. The second-order valence-electron chi connectivity index (χ2n) is 5.63. The van der Waals surface area contributed by atoms with E-state index in [0.717, 1.165) is 0 Å². The van der Waals surface area contributed by atoms with Crippen LogP contribution in [0.2, 0.25) is 5.02 Å². The van der Waals surface area contributed by atoms with Gasteiger partial charge < -0.3 is 19.5 Å². The molecular weight excluding hydrogens is 362 g/mol. The maximum absolute atomic E-state index is 12.2. The van der Waals surface area contributed by atoms with Crippen LogP contribution in [-0.2, 0) is 28.6 Å². The summed E-state index contributed by atoms with van der Waals surface area (Å²) in [5.41, 5.74) is 0.507. The van der Waals surface area contributed by atoms with Crippen molar-refractivity contribution in [3.63, 3.8) is 0 Å². The number of ether oxygens (including phenoxy) is 3. The fourth-order valence-corrected chi connectivity index (χ4v) is 2.74. The number of rotatable bonds is 8. The van der Waals surface area contributed by atoms with Crippen molar-refractivity contribution in [1.29, 1.82) is 0 Å². The van der Waals surface area contributed by atoms with Crippen LogP contribution in [0.3, 0.4) is 0 Å². The van der Waals surface area contributed by atoms with E-state index in [2.05, 4.69) is 5.32 Å². The number of nitrogens with one attached hydrogen (secondary N) is 1. The van der Waals surface area contributed by atoms with E-state index in [0.29, 0.717) is 23.6 Å². The molecule has 0 aliphatic carbocycles. The molecule has 0 fully saturated rings. The molecule has 1 aliphatic heterocycles. The fraction of sp³-hybridized carbons (Fsp3) is 0.389. The summed E-state index contributed by atoms with van der Waals surface area (Å²) in [6, 6.07) is 6.83. The van der Waals surface area contributed by atoms with Gasteiger partial charge in [-0.3, -0.25) is 9.59 Å². The molecule has 7 nitrogen and oxygen atoms in total. The molecule has 1 aliphatic rings. The predicted molar refractivity (Wildman–Crippen MR) is 93.2 cm³/mol. The Labute approximate surface area is 156 Å². The van der Waals surface area contributed by atoms with Crippen molar-refractivity contribution in [1.82, 2.24) is 5.32 Å². The third-order valence-electron chi connectivity index (χ3n) is 3.70. The van der Waals surface area contributed by atoms with Gasteiger partial charge in [-0.15, -0.1) is 0 Å². The Hall–Kier alpha value is -2.54. The normalized spacial score (nSPS) is 17.1. The zero-order chi connectivity index (χ0) is 19.1. The minimum absolute atomic E-state index is 0.0912. The Morgan fingerprint density at radius 2 is 2.08 bits per heavy atom. The number of hydrogen-bond acceptors (Lipinski definition) is 6. The SMILES string of the molecule is COC1=CC(=O)OC1C(OC(=O)CCCNC(C)=O)c1ccccc1Cl. The van der Waals surface area contributed by atoms with Crippen molar-refractivity contribution in [3.8, 4) is 0 Å². The van der Waals surface area contributed by atoms with Crippen LogP contribution in [0, 0.1) is 0 Å². The number of esters is 2. The van der Waals surface area contributed by atoms with Gasteiger partial charge >= 0.3 is 11.9 Å². The number of benzene rings is 1. The van der Waals surface area contributed by atoms with E-state index in [-0.39, 0.29) is 18.1 Å². The Morgan fingerprint density at radius 3 is 2.73 bits per heavy atom. The zero-order valence-electron chi connectivity index (χ0n) is 14.5. The molecule has 2 unspecified atom stereocenters. The van der Waals surface area contributed by atoms with Crippen LogP contribution in [0.25, 0.3) is 0 Å². The van der Waals surface area contributed by atoms with Gasteiger partial charge in [0.15, 0.2) is 12.2 Å². The molecule has 0 saturated heterocycles. The smallest absolute Gasteiger partial charge is 0.335 e. The Bertz CT molecular complexity index is 717. The van der Waals surface area contributed by atoms with E-state index in [1.807, 2.05) is 0 Å². The lowest BCUT2D eigenvalue weighted by Crippen LogP contribution is -2.28. The van der Waals surface area contributed by atoms with Gasteiger partial charge in [0.05, 0.1) is 13.2 Å². The Balaban J connectivity index is 2.13. The van der Waals surface area contributed by atoms with E-state index in [1.54, 1.807) is 24.3 Å². The summed E-state index contributed by atoms with van der Waals surface area (Å²) in [7, 11) is 1.40. The first kappa shape index (κ1) is 19.8. The van der Waals surface area contributed by atoms with E-state index < -0.39 is 24.1 Å². The van der Waals surface area contributed by atoms with Crippen LogP contribution in [-0.4, -0.2) is 37.6 Å². The first-order valence-electron chi connectivity index (χ1n) is 8.07. The Morgan fingerprint density at radius 1 is 1.35 bits per heavy atom. The van der Waals surface area contributed by atoms with Gasteiger partial charge in [-0.25, -0.2) is 4.79 Å². The molecule has 1 amide bonds. The number of cyclic esters (lactones) is 1. The summed E-state index contributed by atoms with van der Waals surface area (Å²) in [5.74, 6) is -0.990. The summed E-state index contributed by atoms with van der Waals surface area (Å²) >= 11 is 6.23. The molecule has 140 valence electrons. The standard InChI is InChI=1S/C18H20ClNO6/c1-11(21)20-9-5-8-15(22)25-17(12-6-3-4-7-13(12)19)18-14(24-2)10-16(23)26-18/h3-4,6-7,10,17-18H,5,8-9H2,1-2H3,(H,20,21). The van der Waals surface area contributed by atoms with Gasteiger partial charge in [-0.2, -0.15) is 0 Å². The minimum Gasteiger partial charge on any atom is -0.497 e. The average molecular weight is 382 g/mol. The summed E-state index contributed by atoms with van der Waals surface area (Å²) in [6.45, 7) is 1.77. The lowest BCUT2D eigenvalue weighted by Gasteiger charge is -2.25. The van der Waals surface area contributed by atoms with Crippen LogP contribution in [0.1, 0.15) is 31.4 Å². The second-order valence-corrected chi connectivity index (χ2v) is 6.03. The predicted octanol–water partition coefficient (Wildman–Crippen LogP) is 2.30. The van der Waals surface area contributed by atoms with Gasteiger partial charge in [0.1, 0.15) is 5.76 Å². The van der Waals surface area contributed by atoms with E-state index in [1.165, 1.54) is 20.1 Å². The summed E-state index contributed by atoms with van der Waals surface area (Å²) < 4.78 is 16.0. The van der Waals surface area contributed by atoms with Crippen molar-refractivity contribution in [2.24, 2.45) is 0 Å². The maximum atomic E-state index is 12.2. The Kier molecular flexibility index (Phi) is 7.03. The molecule has 0 bridgehead atoms. The molecule has 0 radical (unpaired) electrons. The van der Waals surface area contributed by atoms with Crippen molar-refractivity contribution in [3.05, 3.63) is 46.7 Å². The molecule has 0 spiro atoms. The molecule has 0 aromatic heterocycles. The topological polar surface area (TPSA) is 90.9 Å². The van der Waals surface area contributed by atoms with Gasteiger partial charge in [0.2, 0.25) is 5.91 Å². The molecule has 1 N–H and O–H groups in total. The first-order chi connectivity index (χ1) is 12.4. The molecule has 8 heteroatoms. The number of carbonyl (C=O) groups is 3. The highest BCUT2D eigenvalue weighted by Gasteiger charge is 2.39. The second kappa shape index (κ2) is 9.24. The van der Waals surface area contributed by atoms with E-state index in [4.69, 9.17) is 25.8 Å². The molecular formula is C18H20ClNO6. The average Bonchev–Trinajstić information content (AvgIpc) is 2.98. The molecule has 26 heavy (non-hydrogen) atoms. The molecule has 2 atom stereocenters. The zero-order valence-corrected chi connectivity index (χ0v) is 15.2. The number of halogens is 1. The van der Waals surface area contributed by atoms with Crippen molar-refractivity contribution >= 4 is 29.4 Å². The lowest BCUT2D eigenvalue weighted by atomic mass is 10.0. The summed E-state index contributed by atoms with van der Waals surface area (Å²) in [6.07, 6.45) is -0.126. The third kappa shape index (κ3) is 5.23. The summed E-state index contributed by atoms with van der Waals surface area (Å²) in [4.78, 5) is 34.7.